The first-order valence-electron chi connectivity index (χ1n) is 9.20. The molecule has 0 spiro atoms. The molecule has 0 unspecified atom stereocenters. The molecule has 2 aromatic carbocycles. The van der Waals surface area contributed by atoms with Crippen LogP contribution in [0.2, 0.25) is 0 Å². The molecule has 0 saturated heterocycles. The minimum Gasteiger partial charge on any atom is -0.319 e. The third kappa shape index (κ3) is 3.95. The van der Waals surface area contributed by atoms with Gasteiger partial charge in [0.2, 0.25) is 5.82 Å². The molecule has 7 heteroatoms. The van der Waals surface area contributed by atoms with Crippen LogP contribution in [0.3, 0.4) is 0 Å². The average Bonchev–Trinajstić information content (AvgIpc) is 3.38. The van der Waals surface area contributed by atoms with E-state index in [0.29, 0.717) is 11.5 Å². The van der Waals surface area contributed by atoms with Gasteiger partial charge < -0.3 is 5.32 Å². The first kappa shape index (κ1) is 19.0. The quantitative estimate of drug-likeness (QED) is 0.475. The van der Waals surface area contributed by atoms with Gasteiger partial charge in [-0.1, -0.05) is 44.2 Å². The van der Waals surface area contributed by atoms with E-state index >= 15 is 0 Å². The molecule has 29 heavy (non-hydrogen) atoms. The van der Waals surface area contributed by atoms with E-state index in [-0.39, 0.29) is 17.6 Å². The van der Waals surface area contributed by atoms with Crippen LogP contribution < -0.4 is 5.32 Å². The minimum atomic E-state index is -0.411. The van der Waals surface area contributed by atoms with Gasteiger partial charge in [-0.15, -0.1) is 16.4 Å². The number of amides is 1. The van der Waals surface area contributed by atoms with Gasteiger partial charge in [0.05, 0.1) is 10.6 Å². The number of nitrogens with one attached hydrogen (secondary N) is 1. The van der Waals surface area contributed by atoms with Crippen LogP contribution in [0.4, 0.5) is 10.1 Å². The highest BCUT2D eigenvalue weighted by atomic mass is 32.1. The SMILES string of the molecule is CC(C)c1ccccc1NC(=O)c1nc(-c2cccs2)n(-c2cccc(F)c2)n1. The molecule has 146 valence electrons. The fourth-order valence-electron chi connectivity index (χ4n) is 3.05. The monoisotopic (exact) mass is 406 g/mol. The number of hydrogen-bond donors (Lipinski definition) is 1. The average molecular weight is 406 g/mol. The van der Waals surface area contributed by atoms with Crippen molar-refractivity contribution in [2.75, 3.05) is 5.32 Å². The molecule has 2 aromatic heterocycles. The summed E-state index contributed by atoms with van der Waals surface area (Å²) in [5, 5.41) is 9.21. The Bertz CT molecular complexity index is 1150. The van der Waals surface area contributed by atoms with Gasteiger partial charge in [0.25, 0.3) is 5.91 Å². The fraction of sp³-hybridized carbons (Fsp3) is 0.136. The Balaban J connectivity index is 1.74. The van der Waals surface area contributed by atoms with E-state index in [2.05, 4.69) is 29.2 Å². The number of carbonyl (C=O) groups is 1. The molecule has 5 nitrogen and oxygen atoms in total. The van der Waals surface area contributed by atoms with Gasteiger partial charge in [0, 0.05) is 5.69 Å². The highest BCUT2D eigenvalue weighted by Gasteiger charge is 2.20. The van der Waals surface area contributed by atoms with E-state index in [1.54, 1.807) is 12.1 Å². The third-order valence-electron chi connectivity index (χ3n) is 4.44. The van der Waals surface area contributed by atoms with Crippen LogP contribution in [0, 0.1) is 5.82 Å². The van der Waals surface area contributed by atoms with E-state index < -0.39 is 5.91 Å². The number of para-hydroxylation sites is 1. The predicted molar refractivity (Wildman–Crippen MR) is 113 cm³/mol. The van der Waals surface area contributed by atoms with Gasteiger partial charge in [-0.2, -0.15) is 0 Å². The summed E-state index contributed by atoms with van der Waals surface area (Å²) in [5.74, 6) is -0.0202. The number of benzene rings is 2. The zero-order valence-corrected chi connectivity index (χ0v) is 16.8. The lowest BCUT2D eigenvalue weighted by atomic mass is 10.0. The van der Waals surface area contributed by atoms with Crippen molar-refractivity contribution in [3.63, 3.8) is 0 Å². The topological polar surface area (TPSA) is 59.8 Å². The summed E-state index contributed by atoms with van der Waals surface area (Å²) < 4.78 is 15.3. The van der Waals surface area contributed by atoms with Crippen molar-refractivity contribution < 1.29 is 9.18 Å². The molecule has 0 radical (unpaired) electrons. The second-order valence-corrected chi connectivity index (χ2v) is 7.77. The molecule has 1 N–H and O–H groups in total. The van der Waals surface area contributed by atoms with Crippen molar-refractivity contribution in [3.8, 4) is 16.4 Å². The Morgan fingerprint density at radius 3 is 2.66 bits per heavy atom. The summed E-state index contributed by atoms with van der Waals surface area (Å²) in [6.07, 6.45) is 0. The lowest BCUT2D eigenvalue weighted by Gasteiger charge is -2.12. The lowest BCUT2D eigenvalue weighted by Crippen LogP contribution is -2.15. The number of thiophene rings is 1. The van der Waals surface area contributed by atoms with Gasteiger partial charge in [0.1, 0.15) is 5.82 Å². The summed E-state index contributed by atoms with van der Waals surface area (Å²) in [5.41, 5.74) is 2.26. The summed E-state index contributed by atoms with van der Waals surface area (Å²) in [7, 11) is 0. The molecule has 4 aromatic rings. The summed E-state index contributed by atoms with van der Waals surface area (Å²) in [6.45, 7) is 4.13. The number of carbonyl (C=O) groups excluding carboxylic acids is 1. The Kier molecular flexibility index (Phi) is 5.22. The molecule has 2 heterocycles. The molecule has 0 atom stereocenters. The Labute approximate surface area is 171 Å². The van der Waals surface area contributed by atoms with Crippen molar-refractivity contribution in [2.24, 2.45) is 0 Å². The van der Waals surface area contributed by atoms with Crippen LogP contribution >= 0.6 is 11.3 Å². The molecule has 0 fully saturated rings. The molecule has 0 saturated carbocycles. The van der Waals surface area contributed by atoms with Gasteiger partial charge in [0.15, 0.2) is 5.82 Å². The van der Waals surface area contributed by atoms with Crippen molar-refractivity contribution >= 4 is 22.9 Å². The second kappa shape index (κ2) is 7.97. The van der Waals surface area contributed by atoms with Crippen LogP contribution in [0.1, 0.15) is 35.9 Å². The van der Waals surface area contributed by atoms with Gasteiger partial charge in [-0.25, -0.2) is 14.1 Å². The summed E-state index contributed by atoms with van der Waals surface area (Å²) in [4.78, 5) is 18.2. The molecule has 0 aliphatic heterocycles. The number of hydrogen-bond acceptors (Lipinski definition) is 4. The van der Waals surface area contributed by atoms with E-state index in [1.807, 2.05) is 41.8 Å². The van der Waals surface area contributed by atoms with Crippen LogP contribution in [-0.4, -0.2) is 20.7 Å². The maximum absolute atomic E-state index is 13.8. The third-order valence-corrected chi connectivity index (χ3v) is 5.30. The van der Waals surface area contributed by atoms with E-state index in [1.165, 1.54) is 28.2 Å². The van der Waals surface area contributed by atoms with Gasteiger partial charge in [-0.05, 0) is 47.2 Å². The molecular weight excluding hydrogens is 387 g/mol. The normalized spacial score (nSPS) is 11.0. The smallest absolute Gasteiger partial charge is 0.295 e. The molecule has 4 rings (SSSR count). The van der Waals surface area contributed by atoms with Crippen molar-refractivity contribution in [3.05, 3.63) is 83.2 Å². The van der Waals surface area contributed by atoms with Crippen LogP contribution in [-0.2, 0) is 0 Å². The van der Waals surface area contributed by atoms with Crippen molar-refractivity contribution in [2.45, 2.75) is 19.8 Å². The molecule has 0 bridgehead atoms. The highest BCUT2D eigenvalue weighted by molar-refractivity contribution is 7.13. The number of halogens is 1. The van der Waals surface area contributed by atoms with Crippen LogP contribution in [0.25, 0.3) is 16.4 Å². The number of anilines is 1. The maximum Gasteiger partial charge on any atom is 0.295 e. The Hall–Kier alpha value is -3.32. The first-order chi connectivity index (χ1) is 14.0. The van der Waals surface area contributed by atoms with Crippen LogP contribution in [0.15, 0.2) is 66.0 Å². The van der Waals surface area contributed by atoms with Crippen molar-refractivity contribution in [1.82, 2.24) is 14.8 Å². The van der Waals surface area contributed by atoms with E-state index in [0.717, 1.165) is 16.1 Å². The number of rotatable bonds is 5. The minimum absolute atomic E-state index is 0.0243. The summed E-state index contributed by atoms with van der Waals surface area (Å²) in [6, 6.07) is 17.5. The Morgan fingerprint density at radius 1 is 1.10 bits per heavy atom. The summed E-state index contributed by atoms with van der Waals surface area (Å²) >= 11 is 1.48. The van der Waals surface area contributed by atoms with E-state index in [9.17, 15) is 9.18 Å². The van der Waals surface area contributed by atoms with Crippen LogP contribution in [0.5, 0.6) is 0 Å². The zero-order valence-electron chi connectivity index (χ0n) is 16.0. The van der Waals surface area contributed by atoms with E-state index in [4.69, 9.17) is 0 Å². The standard InChI is InChI=1S/C22H19FN4OS/c1-14(2)17-9-3-4-10-18(17)24-22(28)20-25-21(19-11-6-12-29-19)27(26-20)16-8-5-7-15(23)13-16/h3-14H,1-2H3,(H,24,28). The molecule has 0 aliphatic carbocycles. The molecular formula is C22H19FN4OS. The zero-order chi connectivity index (χ0) is 20.4. The van der Waals surface area contributed by atoms with Gasteiger partial charge >= 0.3 is 0 Å². The number of nitrogens with zero attached hydrogens (tertiary/aromatic N) is 3. The highest BCUT2D eigenvalue weighted by Crippen LogP contribution is 2.27. The maximum atomic E-state index is 13.8. The largest absolute Gasteiger partial charge is 0.319 e. The molecule has 1 amide bonds. The molecule has 0 aliphatic rings. The predicted octanol–water partition coefficient (Wildman–Crippen LogP) is 5.51. The Morgan fingerprint density at radius 2 is 1.93 bits per heavy atom. The van der Waals surface area contributed by atoms with Gasteiger partial charge in [-0.3, -0.25) is 4.79 Å². The second-order valence-electron chi connectivity index (χ2n) is 6.82. The number of aromatic nitrogens is 3. The lowest BCUT2D eigenvalue weighted by molar-refractivity contribution is 0.101. The first-order valence-corrected chi connectivity index (χ1v) is 10.1. The van der Waals surface area contributed by atoms with Crippen molar-refractivity contribution in [1.29, 1.82) is 0 Å². The fourth-order valence-corrected chi connectivity index (χ4v) is 3.75.